The minimum atomic E-state index is -4.80. The Labute approximate surface area is 138 Å². The van der Waals surface area contributed by atoms with E-state index in [4.69, 9.17) is 15.1 Å². The molecule has 3 aliphatic rings. The van der Waals surface area contributed by atoms with Crippen LogP contribution in [0.25, 0.3) is 0 Å². The fourth-order valence-electron chi connectivity index (χ4n) is 3.02. The summed E-state index contributed by atoms with van der Waals surface area (Å²) in [5.41, 5.74) is 7.90. The normalized spacial score (nSPS) is 28.2. The van der Waals surface area contributed by atoms with Gasteiger partial charge in [0.25, 0.3) is 5.91 Å². The highest BCUT2D eigenvalue weighted by Crippen LogP contribution is 2.44. The Morgan fingerprint density at radius 3 is 2.71 bits per heavy atom. The summed E-state index contributed by atoms with van der Waals surface area (Å²) in [6.07, 6.45) is 2.61. The minimum absolute atomic E-state index is 0.0610. The maximum atomic E-state index is 12.2. The highest BCUT2D eigenvalue weighted by Gasteiger charge is 2.49. The molecule has 12 heteroatoms. The summed E-state index contributed by atoms with van der Waals surface area (Å²) in [7, 11) is -4.80. The van der Waals surface area contributed by atoms with E-state index in [9.17, 15) is 18.0 Å². The van der Waals surface area contributed by atoms with Crippen molar-refractivity contribution in [3.8, 4) is 0 Å². The molecule has 3 amide bonds. The van der Waals surface area contributed by atoms with Crippen molar-refractivity contribution in [1.29, 1.82) is 0 Å². The van der Waals surface area contributed by atoms with Crippen LogP contribution in [0.1, 0.15) is 25.7 Å². The van der Waals surface area contributed by atoms with E-state index in [1.54, 1.807) is 0 Å². The molecular weight excluding hydrogens is 344 g/mol. The molecule has 1 aliphatic carbocycles. The van der Waals surface area contributed by atoms with Gasteiger partial charge in [-0.15, -0.1) is 4.28 Å². The second-order valence-corrected chi connectivity index (χ2v) is 7.47. The number of hydroxylamine groups is 3. The second kappa shape index (κ2) is 6.11. The summed E-state index contributed by atoms with van der Waals surface area (Å²) in [5, 5.41) is 0.594. The molecule has 2 atom stereocenters. The van der Waals surface area contributed by atoms with Gasteiger partial charge in [0.1, 0.15) is 6.04 Å². The fraction of sp³-hybridized carbons (Fsp3) is 0.833. The molecule has 0 unspecified atom stereocenters. The molecule has 3 rings (SSSR count). The highest BCUT2D eigenvalue weighted by molar-refractivity contribution is 7.80. The molecular formula is C12H20N4O7S. The molecule has 2 bridgehead atoms. The van der Waals surface area contributed by atoms with Crippen LogP contribution in [0, 0.1) is 5.41 Å². The molecule has 136 valence electrons. The Morgan fingerprint density at radius 2 is 2.12 bits per heavy atom. The van der Waals surface area contributed by atoms with E-state index < -0.39 is 34.4 Å². The van der Waals surface area contributed by atoms with Crippen LogP contribution >= 0.6 is 0 Å². The molecule has 1 saturated carbocycles. The van der Waals surface area contributed by atoms with Gasteiger partial charge in [-0.3, -0.25) is 14.2 Å². The lowest BCUT2D eigenvalue weighted by Crippen LogP contribution is -2.50. The summed E-state index contributed by atoms with van der Waals surface area (Å²) in [4.78, 5) is 30.8. The number of nitrogens with two attached hydrogens (primary N) is 1. The zero-order valence-electron chi connectivity index (χ0n) is 12.9. The number of fused-ring (bicyclic) bond motifs is 2. The molecule has 2 heterocycles. The van der Waals surface area contributed by atoms with E-state index >= 15 is 0 Å². The van der Waals surface area contributed by atoms with Gasteiger partial charge in [0.15, 0.2) is 0 Å². The van der Waals surface area contributed by atoms with Crippen LogP contribution in [0.4, 0.5) is 4.79 Å². The third-order valence-electron chi connectivity index (χ3n) is 4.74. The Bertz CT molecular complexity index is 635. The van der Waals surface area contributed by atoms with Gasteiger partial charge in [0.2, 0.25) is 0 Å². The molecule has 0 radical (unpaired) electrons. The monoisotopic (exact) mass is 364 g/mol. The average Bonchev–Trinajstić information content (AvgIpc) is 3.26. The first kappa shape index (κ1) is 17.4. The van der Waals surface area contributed by atoms with E-state index in [1.165, 1.54) is 4.90 Å². The Morgan fingerprint density at radius 1 is 1.42 bits per heavy atom. The van der Waals surface area contributed by atoms with Crippen LogP contribution in [0.3, 0.4) is 0 Å². The first-order chi connectivity index (χ1) is 11.2. The number of piperidine rings is 1. The minimum Gasteiger partial charge on any atom is -0.330 e. The van der Waals surface area contributed by atoms with Gasteiger partial charge in [-0.25, -0.2) is 10.3 Å². The molecule has 0 spiro atoms. The van der Waals surface area contributed by atoms with Gasteiger partial charge < -0.3 is 10.6 Å². The maximum absolute atomic E-state index is 12.2. The van der Waals surface area contributed by atoms with E-state index in [0.29, 0.717) is 31.1 Å². The van der Waals surface area contributed by atoms with E-state index in [0.717, 1.165) is 12.8 Å². The van der Waals surface area contributed by atoms with Crippen molar-refractivity contribution in [2.24, 2.45) is 11.1 Å². The highest BCUT2D eigenvalue weighted by atomic mass is 32.3. The summed E-state index contributed by atoms with van der Waals surface area (Å²) >= 11 is 0. The second-order valence-electron chi connectivity index (χ2n) is 6.47. The average molecular weight is 364 g/mol. The first-order valence-corrected chi connectivity index (χ1v) is 9.00. The van der Waals surface area contributed by atoms with E-state index in [1.807, 2.05) is 0 Å². The molecule has 24 heavy (non-hydrogen) atoms. The fourth-order valence-corrected chi connectivity index (χ4v) is 3.41. The number of amides is 3. The zero-order valence-corrected chi connectivity index (χ0v) is 13.7. The van der Waals surface area contributed by atoms with Gasteiger partial charge >= 0.3 is 16.4 Å². The van der Waals surface area contributed by atoms with Crippen molar-refractivity contribution in [1.82, 2.24) is 15.4 Å². The number of hydrogen-bond donors (Lipinski definition) is 3. The first-order valence-electron chi connectivity index (χ1n) is 7.63. The molecule has 2 saturated heterocycles. The Balaban J connectivity index is 1.56. The number of carbonyl (C=O) groups excluding carboxylic acids is 2. The summed E-state index contributed by atoms with van der Waals surface area (Å²) < 4.78 is 34.7. The van der Waals surface area contributed by atoms with Crippen molar-refractivity contribution in [3.05, 3.63) is 0 Å². The number of hydrogen-bond acceptors (Lipinski definition) is 7. The van der Waals surface area contributed by atoms with Gasteiger partial charge in [-0.1, -0.05) is 0 Å². The molecule has 11 nitrogen and oxygen atoms in total. The van der Waals surface area contributed by atoms with Crippen LogP contribution < -0.4 is 11.2 Å². The van der Waals surface area contributed by atoms with Gasteiger partial charge in [0, 0.05) is 18.5 Å². The number of urea groups is 1. The molecule has 0 aromatic rings. The topological polar surface area (TPSA) is 151 Å². The lowest BCUT2D eigenvalue weighted by molar-refractivity contribution is -0.140. The van der Waals surface area contributed by atoms with Crippen molar-refractivity contribution in [2.45, 2.75) is 37.8 Å². The Hall–Kier alpha value is -1.47. The summed E-state index contributed by atoms with van der Waals surface area (Å²) in [6, 6.07) is -2.09. The van der Waals surface area contributed by atoms with E-state index in [2.05, 4.69) is 9.76 Å². The number of nitrogens with one attached hydrogen (secondary N) is 1. The van der Waals surface area contributed by atoms with Crippen LogP contribution in [0.15, 0.2) is 0 Å². The molecule has 2 aliphatic heterocycles. The quantitative estimate of drug-likeness (QED) is 0.375. The standard InChI is InChI=1S/C12H20N4O7S/c13-6-12(3-4-12)7-22-14-10(17)9-2-1-8-5-15(9)11(18)16(8)23-24(19,20)21/h8-9H,1-7,13H2,(H,14,17)(H,19,20,21)/t8-,9+/m1/s1. The van der Waals surface area contributed by atoms with Gasteiger partial charge in [-0.2, -0.15) is 13.5 Å². The smallest absolute Gasteiger partial charge is 0.330 e. The van der Waals surface area contributed by atoms with Gasteiger partial charge in [-0.05, 0) is 25.7 Å². The lowest BCUT2D eigenvalue weighted by Gasteiger charge is -2.29. The van der Waals surface area contributed by atoms with Crippen molar-refractivity contribution in [3.63, 3.8) is 0 Å². The SMILES string of the molecule is NCC1(CONC(=O)[C@@H]2CC[C@@H]3CN2C(=O)N3OS(=O)(=O)O)CC1. The maximum Gasteiger partial charge on any atom is 0.418 e. The number of carbonyl (C=O) groups is 2. The summed E-state index contributed by atoms with van der Waals surface area (Å²) in [5.74, 6) is -0.483. The van der Waals surface area contributed by atoms with Crippen molar-refractivity contribution >= 4 is 22.3 Å². The van der Waals surface area contributed by atoms with Crippen LogP contribution in [-0.2, 0) is 24.3 Å². The lowest BCUT2D eigenvalue weighted by atomic mass is 10.0. The summed E-state index contributed by atoms with van der Waals surface area (Å²) in [6.45, 7) is 0.941. The third-order valence-corrected chi connectivity index (χ3v) is 5.09. The van der Waals surface area contributed by atoms with Crippen LogP contribution in [0.5, 0.6) is 0 Å². The van der Waals surface area contributed by atoms with Crippen molar-refractivity contribution < 1.29 is 31.7 Å². The molecule has 0 aromatic carbocycles. The predicted octanol–water partition coefficient (Wildman–Crippen LogP) is -1.22. The van der Waals surface area contributed by atoms with Crippen LogP contribution in [0.2, 0.25) is 0 Å². The third kappa shape index (κ3) is 3.47. The van der Waals surface area contributed by atoms with Gasteiger partial charge in [0.05, 0.1) is 12.6 Å². The molecule has 0 aromatic heterocycles. The molecule has 3 fully saturated rings. The Kier molecular flexibility index (Phi) is 4.42. The number of nitrogens with zero attached hydrogens (tertiary/aromatic N) is 2. The largest absolute Gasteiger partial charge is 0.418 e. The van der Waals surface area contributed by atoms with E-state index in [-0.39, 0.29) is 12.0 Å². The molecule has 4 N–H and O–H groups in total. The van der Waals surface area contributed by atoms with Crippen LogP contribution in [-0.4, -0.2) is 66.7 Å². The van der Waals surface area contributed by atoms with Crippen molar-refractivity contribution in [2.75, 3.05) is 19.7 Å². The zero-order chi connectivity index (χ0) is 17.5. The predicted molar refractivity (Wildman–Crippen MR) is 78.2 cm³/mol. The number of rotatable bonds is 7.